The Morgan fingerprint density at radius 3 is 1.64 bits per heavy atom. The maximum atomic E-state index is 13.5. The highest BCUT2D eigenvalue weighted by molar-refractivity contribution is 5.95. The molecule has 0 aliphatic heterocycles. The first-order valence-corrected chi connectivity index (χ1v) is 16.4. The summed E-state index contributed by atoms with van der Waals surface area (Å²) >= 11 is 0. The number of fused-ring (bicyclic) bond motifs is 3. The van der Waals surface area contributed by atoms with Crippen molar-refractivity contribution in [2.45, 2.75) is 83.2 Å². The minimum Gasteiger partial charge on any atom is -0.313 e. The molecule has 0 bridgehead atoms. The van der Waals surface area contributed by atoms with Crippen molar-refractivity contribution in [3.05, 3.63) is 142 Å². The van der Waals surface area contributed by atoms with Gasteiger partial charge in [0, 0.05) is 33.2 Å². The molecule has 0 saturated carbocycles. The van der Waals surface area contributed by atoms with Crippen molar-refractivity contribution in [1.82, 2.24) is 4.57 Å². The summed E-state index contributed by atoms with van der Waals surface area (Å²) in [5.74, 6) is 0. The van der Waals surface area contributed by atoms with Crippen LogP contribution in [0.25, 0.3) is 22.7 Å². The zero-order chi connectivity index (χ0) is 31.8. The first-order chi connectivity index (χ1) is 21.7. The highest BCUT2D eigenvalue weighted by Gasteiger charge is 2.36. The molecular formula is C41H42F3N. The van der Waals surface area contributed by atoms with E-state index in [-0.39, 0.29) is 10.8 Å². The Morgan fingerprint density at radius 1 is 0.578 bits per heavy atom. The summed E-state index contributed by atoms with van der Waals surface area (Å²) < 4.78 is 42.7. The molecule has 0 radical (unpaired) electrons. The van der Waals surface area contributed by atoms with Gasteiger partial charge in [0.1, 0.15) is 0 Å². The lowest BCUT2D eigenvalue weighted by Gasteiger charge is -2.37. The third-order valence-corrected chi connectivity index (χ3v) is 10.7. The zero-order valence-electron chi connectivity index (χ0n) is 26.7. The molecule has 0 spiro atoms. The van der Waals surface area contributed by atoms with Crippen LogP contribution in [0.4, 0.5) is 13.2 Å². The van der Waals surface area contributed by atoms with Crippen LogP contribution < -0.4 is 0 Å². The monoisotopic (exact) mass is 605 g/mol. The van der Waals surface area contributed by atoms with Crippen molar-refractivity contribution in [2.24, 2.45) is 0 Å². The van der Waals surface area contributed by atoms with E-state index < -0.39 is 11.7 Å². The van der Waals surface area contributed by atoms with E-state index in [0.29, 0.717) is 0 Å². The van der Waals surface area contributed by atoms with Gasteiger partial charge in [-0.05, 0) is 91.6 Å². The summed E-state index contributed by atoms with van der Waals surface area (Å²) in [6.07, 6.45) is 3.71. The Labute approximate surface area is 265 Å². The number of halogens is 3. The van der Waals surface area contributed by atoms with Crippen molar-refractivity contribution in [2.75, 3.05) is 0 Å². The largest absolute Gasteiger partial charge is 0.416 e. The van der Waals surface area contributed by atoms with Crippen LogP contribution in [0.5, 0.6) is 0 Å². The SMILES string of the molecule is CCC(CC)(C1=Cc2c(n(-c3ccc(C(F)(F)F)cc3)c3ccc(C(CC)(CC)c4ccccc4)cc23)CC1)c1ccccc1. The smallest absolute Gasteiger partial charge is 0.313 e. The fourth-order valence-electron chi connectivity index (χ4n) is 8.09. The van der Waals surface area contributed by atoms with E-state index >= 15 is 0 Å². The number of hydrogen-bond acceptors (Lipinski definition) is 0. The highest BCUT2D eigenvalue weighted by Crippen LogP contribution is 2.47. The highest BCUT2D eigenvalue weighted by atomic mass is 19.4. The molecule has 1 aliphatic carbocycles. The zero-order valence-corrected chi connectivity index (χ0v) is 26.7. The molecule has 4 heteroatoms. The Hall–Kier alpha value is -4.05. The molecule has 0 saturated heterocycles. The minimum atomic E-state index is -4.37. The van der Waals surface area contributed by atoms with E-state index in [0.717, 1.165) is 60.8 Å². The second-order valence-electron chi connectivity index (χ2n) is 12.5. The molecule has 45 heavy (non-hydrogen) atoms. The van der Waals surface area contributed by atoms with Crippen LogP contribution >= 0.6 is 0 Å². The molecule has 4 aromatic carbocycles. The summed E-state index contributed by atoms with van der Waals surface area (Å²) in [7, 11) is 0. The molecule has 1 aromatic heterocycles. The van der Waals surface area contributed by atoms with Crippen LogP contribution in [-0.4, -0.2) is 4.57 Å². The normalized spacial score (nSPS) is 14.0. The van der Waals surface area contributed by atoms with Crippen LogP contribution in [0.15, 0.2) is 109 Å². The lowest BCUT2D eigenvalue weighted by atomic mass is 9.67. The van der Waals surface area contributed by atoms with Gasteiger partial charge in [0.05, 0.1) is 11.1 Å². The van der Waals surface area contributed by atoms with Gasteiger partial charge in [-0.2, -0.15) is 13.2 Å². The average molecular weight is 606 g/mol. The molecule has 1 nitrogen and oxygen atoms in total. The van der Waals surface area contributed by atoms with E-state index in [1.54, 1.807) is 12.1 Å². The maximum absolute atomic E-state index is 13.5. The van der Waals surface area contributed by atoms with E-state index in [2.05, 4.69) is 117 Å². The van der Waals surface area contributed by atoms with Crippen molar-refractivity contribution in [3.63, 3.8) is 0 Å². The summed E-state index contributed by atoms with van der Waals surface area (Å²) in [5, 5.41) is 1.16. The molecule has 0 unspecified atom stereocenters. The lowest BCUT2D eigenvalue weighted by molar-refractivity contribution is -0.137. The summed E-state index contributed by atoms with van der Waals surface area (Å²) in [6, 6.07) is 34.1. The maximum Gasteiger partial charge on any atom is 0.416 e. The fraction of sp³-hybridized carbons (Fsp3) is 0.317. The van der Waals surface area contributed by atoms with Gasteiger partial charge in [0.2, 0.25) is 0 Å². The number of rotatable bonds is 9. The topological polar surface area (TPSA) is 4.93 Å². The van der Waals surface area contributed by atoms with Crippen LogP contribution in [0.2, 0.25) is 0 Å². The number of allylic oxidation sites excluding steroid dienone is 1. The molecule has 5 aromatic rings. The number of alkyl halides is 3. The van der Waals surface area contributed by atoms with Crippen LogP contribution in [0.1, 0.15) is 93.3 Å². The Bertz CT molecular complexity index is 1800. The third-order valence-electron chi connectivity index (χ3n) is 10.7. The quantitative estimate of drug-likeness (QED) is 0.157. The van der Waals surface area contributed by atoms with E-state index in [1.165, 1.54) is 40.0 Å². The lowest BCUT2D eigenvalue weighted by Crippen LogP contribution is -2.28. The molecule has 0 atom stereocenters. The second kappa shape index (κ2) is 12.0. The van der Waals surface area contributed by atoms with Crippen LogP contribution in [-0.2, 0) is 23.4 Å². The number of hydrogen-bond donors (Lipinski definition) is 0. The van der Waals surface area contributed by atoms with Crippen molar-refractivity contribution in [3.8, 4) is 5.69 Å². The summed E-state index contributed by atoms with van der Waals surface area (Å²) in [4.78, 5) is 0. The minimum absolute atomic E-state index is 0.0695. The van der Waals surface area contributed by atoms with Crippen LogP contribution in [0, 0.1) is 0 Å². The van der Waals surface area contributed by atoms with Crippen molar-refractivity contribution in [1.29, 1.82) is 0 Å². The third kappa shape index (κ3) is 5.13. The standard InChI is InChI=1S/C41H42F3N/c1-5-39(6-2,29-15-11-9-12-16-29)32-21-25-37-35(27-32)36-28-33(40(7-3,8-4)30-17-13-10-14-18-30)22-26-38(36)45(37)34-23-19-31(20-24-34)41(42,43)44/h9-21,23-25,27-28H,5-8,22,26H2,1-4H3. The van der Waals surface area contributed by atoms with Gasteiger partial charge in [0.25, 0.3) is 0 Å². The molecule has 232 valence electrons. The van der Waals surface area contributed by atoms with E-state index in [4.69, 9.17) is 0 Å². The van der Waals surface area contributed by atoms with Gasteiger partial charge in [0.15, 0.2) is 0 Å². The number of benzene rings is 4. The number of aromatic nitrogens is 1. The van der Waals surface area contributed by atoms with Gasteiger partial charge in [-0.3, -0.25) is 0 Å². The van der Waals surface area contributed by atoms with Gasteiger partial charge >= 0.3 is 6.18 Å². The predicted octanol–water partition coefficient (Wildman–Crippen LogP) is 11.8. The molecule has 0 N–H and O–H groups in total. The molecule has 1 heterocycles. The average Bonchev–Trinajstić information content (AvgIpc) is 3.40. The first kappa shape index (κ1) is 31.0. The molecule has 1 aliphatic rings. The van der Waals surface area contributed by atoms with E-state index in [1.807, 2.05) is 0 Å². The molecule has 0 amide bonds. The molecule has 6 rings (SSSR count). The summed E-state index contributed by atoms with van der Waals surface area (Å²) in [5.41, 5.74) is 8.69. The first-order valence-electron chi connectivity index (χ1n) is 16.4. The second-order valence-corrected chi connectivity index (χ2v) is 12.5. The van der Waals surface area contributed by atoms with Gasteiger partial charge in [-0.25, -0.2) is 0 Å². The van der Waals surface area contributed by atoms with Crippen LogP contribution in [0.3, 0.4) is 0 Å². The Morgan fingerprint density at radius 2 is 1.11 bits per heavy atom. The predicted molar refractivity (Wildman–Crippen MR) is 181 cm³/mol. The fourth-order valence-corrected chi connectivity index (χ4v) is 8.09. The number of nitrogens with zero attached hydrogens (tertiary/aromatic N) is 1. The van der Waals surface area contributed by atoms with Crippen molar-refractivity contribution >= 4 is 17.0 Å². The summed E-state index contributed by atoms with van der Waals surface area (Å²) in [6.45, 7) is 9.09. The van der Waals surface area contributed by atoms with Gasteiger partial charge in [-0.1, -0.05) is 106 Å². The Balaban J connectivity index is 1.61. The van der Waals surface area contributed by atoms with Gasteiger partial charge < -0.3 is 4.57 Å². The molecule has 0 fully saturated rings. The molecular weight excluding hydrogens is 563 g/mol. The Kier molecular flexibility index (Phi) is 8.28. The van der Waals surface area contributed by atoms with Gasteiger partial charge in [-0.15, -0.1) is 0 Å². The van der Waals surface area contributed by atoms with E-state index in [9.17, 15) is 13.2 Å². The van der Waals surface area contributed by atoms with Crippen molar-refractivity contribution < 1.29 is 13.2 Å².